The van der Waals surface area contributed by atoms with Gasteiger partial charge in [-0.05, 0) is 31.1 Å². The molecule has 0 bridgehead atoms. The lowest BCUT2D eigenvalue weighted by molar-refractivity contribution is -0.124. The van der Waals surface area contributed by atoms with Crippen LogP contribution in [0.3, 0.4) is 0 Å². The van der Waals surface area contributed by atoms with E-state index < -0.39 is 5.91 Å². The maximum absolute atomic E-state index is 12.0. The molecule has 0 radical (unpaired) electrons. The number of imide groups is 1. The van der Waals surface area contributed by atoms with Gasteiger partial charge in [0.1, 0.15) is 11.6 Å². The number of carbonyl (C=O) groups is 2. The van der Waals surface area contributed by atoms with E-state index in [0.29, 0.717) is 45.1 Å². The zero-order valence-electron chi connectivity index (χ0n) is 16.6. The highest BCUT2D eigenvalue weighted by molar-refractivity contribution is 6.32. The monoisotopic (exact) mass is 438 g/mol. The maximum atomic E-state index is 12.0. The summed E-state index contributed by atoms with van der Waals surface area (Å²) < 4.78 is 7.11. The Morgan fingerprint density at radius 1 is 1.32 bits per heavy atom. The van der Waals surface area contributed by atoms with Crippen LogP contribution in [0.5, 0.6) is 5.75 Å². The Kier molecular flexibility index (Phi) is 4.74. The molecule has 10 heteroatoms. The third-order valence-electron chi connectivity index (χ3n) is 5.09. The summed E-state index contributed by atoms with van der Waals surface area (Å²) >= 11 is 6.24. The van der Waals surface area contributed by atoms with Crippen LogP contribution in [0, 0.1) is 0 Å². The molecule has 158 valence electrons. The molecule has 1 aliphatic carbocycles. The fourth-order valence-electron chi connectivity index (χ4n) is 3.45. The van der Waals surface area contributed by atoms with E-state index in [1.807, 2.05) is 18.2 Å². The number of para-hydroxylation sites is 1. The zero-order chi connectivity index (χ0) is 21.5. The van der Waals surface area contributed by atoms with Crippen LogP contribution in [-0.4, -0.2) is 39.6 Å². The van der Waals surface area contributed by atoms with Crippen LogP contribution in [0.1, 0.15) is 24.8 Å². The highest BCUT2D eigenvalue weighted by atomic mass is 35.5. The van der Waals surface area contributed by atoms with Crippen molar-refractivity contribution in [3.63, 3.8) is 0 Å². The first kappa shape index (κ1) is 19.4. The van der Waals surface area contributed by atoms with E-state index >= 15 is 0 Å². The highest BCUT2D eigenvalue weighted by Crippen LogP contribution is 2.35. The molecule has 3 N–H and O–H groups in total. The van der Waals surface area contributed by atoms with Crippen LogP contribution < -0.4 is 20.7 Å². The lowest BCUT2D eigenvalue weighted by Crippen LogP contribution is -2.19. The zero-order valence-corrected chi connectivity index (χ0v) is 17.4. The number of benzene rings is 1. The topological polar surface area (TPSA) is 110 Å². The number of hydrogen-bond acceptors (Lipinski definition) is 7. The van der Waals surface area contributed by atoms with Crippen LogP contribution in [0.2, 0.25) is 5.02 Å². The Hall–Kier alpha value is -3.59. The molecule has 5 rings (SSSR count). The van der Waals surface area contributed by atoms with Crippen molar-refractivity contribution in [1.29, 1.82) is 0 Å². The predicted molar refractivity (Wildman–Crippen MR) is 117 cm³/mol. The Morgan fingerprint density at radius 2 is 2.16 bits per heavy atom. The molecule has 1 saturated heterocycles. The van der Waals surface area contributed by atoms with Crippen LogP contribution in [0.4, 0.5) is 17.3 Å². The largest absolute Gasteiger partial charge is 0.493 e. The first-order valence-corrected chi connectivity index (χ1v) is 10.2. The highest BCUT2D eigenvalue weighted by Gasteiger charge is 2.26. The molecule has 2 aromatic heterocycles. The first-order valence-electron chi connectivity index (χ1n) is 9.81. The normalized spacial score (nSPS) is 17.3. The lowest BCUT2D eigenvalue weighted by Gasteiger charge is -2.14. The number of nitrogens with zero attached hydrogens (tertiary/aromatic N) is 3. The molecule has 2 fully saturated rings. The van der Waals surface area contributed by atoms with Gasteiger partial charge in [0.15, 0.2) is 11.4 Å². The summed E-state index contributed by atoms with van der Waals surface area (Å²) in [6.07, 6.45) is 5.51. The number of hydrogen-bond donors (Lipinski definition) is 3. The van der Waals surface area contributed by atoms with Gasteiger partial charge < -0.3 is 15.4 Å². The summed E-state index contributed by atoms with van der Waals surface area (Å²) in [7, 11) is 1.55. The Balaban J connectivity index is 1.59. The van der Waals surface area contributed by atoms with Gasteiger partial charge in [-0.1, -0.05) is 17.7 Å². The third kappa shape index (κ3) is 3.79. The molecular weight excluding hydrogens is 420 g/mol. The minimum Gasteiger partial charge on any atom is -0.493 e. The number of aromatic nitrogens is 3. The third-order valence-corrected chi connectivity index (χ3v) is 5.39. The van der Waals surface area contributed by atoms with Crippen molar-refractivity contribution < 1.29 is 14.3 Å². The second-order valence-electron chi connectivity index (χ2n) is 7.45. The minimum absolute atomic E-state index is 0.0427. The molecule has 0 spiro atoms. The van der Waals surface area contributed by atoms with Crippen molar-refractivity contribution in [3.8, 4) is 5.75 Å². The van der Waals surface area contributed by atoms with Crippen molar-refractivity contribution in [3.05, 3.63) is 46.6 Å². The van der Waals surface area contributed by atoms with E-state index in [2.05, 4.69) is 21.0 Å². The van der Waals surface area contributed by atoms with Gasteiger partial charge in [-0.25, -0.2) is 4.98 Å². The average Bonchev–Trinajstić information content (AvgIpc) is 3.37. The second kappa shape index (κ2) is 7.59. The quantitative estimate of drug-likeness (QED) is 0.400. The summed E-state index contributed by atoms with van der Waals surface area (Å²) in [4.78, 5) is 28.2. The number of amides is 2. The van der Waals surface area contributed by atoms with E-state index in [4.69, 9.17) is 21.3 Å². The Labute approximate surface area is 182 Å². The molecule has 3 heterocycles. The SMILES string of the molecule is COc1c(Cl)cccc1Nc1cc(NC2CC2)n2ncc(/C=C3\CC(=O)NC3=O)c2n1. The number of fused-ring (bicyclic) bond motifs is 1. The molecule has 31 heavy (non-hydrogen) atoms. The number of halogens is 1. The van der Waals surface area contributed by atoms with Gasteiger partial charge in [0.2, 0.25) is 5.91 Å². The number of methoxy groups -OCH3 is 1. The molecule has 9 nitrogen and oxygen atoms in total. The minimum atomic E-state index is -0.390. The van der Waals surface area contributed by atoms with Crippen LogP contribution in [-0.2, 0) is 9.59 Å². The number of anilines is 3. The first-order chi connectivity index (χ1) is 15.0. The van der Waals surface area contributed by atoms with Gasteiger partial charge in [0, 0.05) is 23.2 Å². The maximum Gasteiger partial charge on any atom is 0.254 e. The van der Waals surface area contributed by atoms with Crippen molar-refractivity contribution in [1.82, 2.24) is 19.9 Å². The Morgan fingerprint density at radius 3 is 2.87 bits per heavy atom. The van der Waals surface area contributed by atoms with E-state index in [1.54, 1.807) is 30.0 Å². The van der Waals surface area contributed by atoms with Crippen LogP contribution in [0.15, 0.2) is 36.0 Å². The molecule has 1 aliphatic heterocycles. The molecule has 3 aromatic rings. The average molecular weight is 439 g/mol. The molecular formula is C21H19ClN6O3. The van der Waals surface area contributed by atoms with E-state index in [1.165, 1.54) is 0 Å². The smallest absolute Gasteiger partial charge is 0.254 e. The van der Waals surface area contributed by atoms with Crippen molar-refractivity contribution in [2.24, 2.45) is 0 Å². The van der Waals surface area contributed by atoms with Gasteiger partial charge >= 0.3 is 0 Å². The summed E-state index contributed by atoms with van der Waals surface area (Å²) in [6, 6.07) is 7.67. The van der Waals surface area contributed by atoms with Crippen LogP contribution in [0.25, 0.3) is 11.7 Å². The van der Waals surface area contributed by atoms with E-state index in [-0.39, 0.29) is 12.3 Å². The Bertz CT molecular complexity index is 1250. The number of nitrogens with one attached hydrogen (secondary N) is 3. The molecule has 1 aromatic carbocycles. The number of carbonyl (C=O) groups excluding carboxylic acids is 2. The number of ether oxygens (including phenoxy) is 1. The van der Waals surface area contributed by atoms with Crippen molar-refractivity contribution >= 4 is 52.5 Å². The van der Waals surface area contributed by atoms with Gasteiger partial charge in [-0.2, -0.15) is 9.61 Å². The van der Waals surface area contributed by atoms with Crippen molar-refractivity contribution in [2.45, 2.75) is 25.3 Å². The van der Waals surface area contributed by atoms with Crippen molar-refractivity contribution in [2.75, 3.05) is 17.7 Å². The van der Waals surface area contributed by atoms with E-state index in [0.717, 1.165) is 18.7 Å². The molecule has 1 saturated carbocycles. The van der Waals surface area contributed by atoms with Crippen LogP contribution >= 0.6 is 11.6 Å². The molecule has 0 unspecified atom stereocenters. The second-order valence-corrected chi connectivity index (χ2v) is 7.86. The van der Waals surface area contributed by atoms with Gasteiger partial charge in [0.25, 0.3) is 5.91 Å². The summed E-state index contributed by atoms with van der Waals surface area (Å²) in [6.45, 7) is 0. The fraction of sp³-hybridized carbons (Fsp3) is 0.238. The fourth-order valence-corrected chi connectivity index (χ4v) is 3.70. The van der Waals surface area contributed by atoms with Gasteiger partial charge in [0.05, 0.1) is 30.4 Å². The summed E-state index contributed by atoms with van der Waals surface area (Å²) in [5.41, 5.74) is 2.24. The van der Waals surface area contributed by atoms with Gasteiger partial charge in [-0.15, -0.1) is 0 Å². The van der Waals surface area contributed by atoms with Gasteiger partial charge in [-0.3, -0.25) is 14.9 Å². The summed E-state index contributed by atoms with van der Waals surface area (Å²) in [5, 5.41) is 13.9. The number of rotatable bonds is 6. The molecule has 2 aliphatic rings. The molecule has 0 atom stereocenters. The van der Waals surface area contributed by atoms with E-state index in [9.17, 15) is 9.59 Å². The lowest BCUT2D eigenvalue weighted by atomic mass is 10.1. The summed E-state index contributed by atoms with van der Waals surface area (Å²) in [5.74, 6) is 1.14. The standard InChI is InChI=1S/C21H19ClN6O3/c1-31-19-14(22)3-2-4-15(19)25-16-9-17(24-13-5-6-13)28-20(26-16)12(10-23-28)7-11-8-18(29)27-21(11)30/h2-4,7,9-10,13,24H,5-6,8H2,1H3,(H,25,26)(H,27,29,30)/b11-7+. The predicted octanol–water partition coefficient (Wildman–Crippen LogP) is 3.14. The molecule has 2 amide bonds.